The van der Waals surface area contributed by atoms with Gasteiger partial charge in [0.05, 0.1) is 13.0 Å². The number of benzene rings is 1. The molecule has 0 unspecified atom stereocenters. The predicted octanol–water partition coefficient (Wildman–Crippen LogP) is 3.11. The topological polar surface area (TPSA) is 49.4 Å². The average Bonchev–Trinajstić information content (AvgIpc) is 3.05. The van der Waals surface area contributed by atoms with Crippen molar-refractivity contribution in [2.45, 2.75) is 19.9 Å². The van der Waals surface area contributed by atoms with Crippen LogP contribution in [0.1, 0.15) is 17.4 Å². The van der Waals surface area contributed by atoms with E-state index in [2.05, 4.69) is 5.32 Å². The Morgan fingerprint density at radius 3 is 2.57 bits per heavy atom. The summed E-state index contributed by atoms with van der Waals surface area (Å²) in [4.78, 5) is 26.8. The van der Waals surface area contributed by atoms with Gasteiger partial charge in [-0.25, -0.2) is 0 Å². The lowest BCUT2D eigenvalue weighted by molar-refractivity contribution is -0.135. The molecule has 2 amide bonds. The van der Waals surface area contributed by atoms with Crippen LogP contribution in [0.4, 0.5) is 0 Å². The minimum Gasteiger partial charge on any atom is -0.350 e. The molecule has 0 fully saturated rings. The van der Waals surface area contributed by atoms with Crippen molar-refractivity contribution in [3.8, 4) is 0 Å². The highest BCUT2D eigenvalue weighted by Crippen LogP contribution is 2.11. The van der Waals surface area contributed by atoms with Gasteiger partial charge in [0, 0.05) is 23.0 Å². The molecular formula is C17H19ClN2O2S. The molecule has 0 saturated carbocycles. The fraction of sp³-hybridized carbons (Fsp3) is 0.294. The molecule has 0 radical (unpaired) electrons. The number of amides is 2. The molecule has 2 aromatic rings. The van der Waals surface area contributed by atoms with Crippen molar-refractivity contribution in [2.24, 2.45) is 0 Å². The summed E-state index contributed by atoms with van der Waals surface area (Å²) in [5, 5.41) is 5.43. The van der Waals surface area contributed by atoms with E-state index in [1.807, 2.05) is 36.6 Å². The van der Waals surface area contributed by atoms with Gasteiger partial charge in [-0.15, -0.1) is 11.3 Å². The van der Waals surface area contributed by atoms with E-state index >= 15 is 0 Å². The fourth-order valence-electron chi connectivity index (χ4n) is 2.08. The van der Waals surface area contributed by atoms with Crippen molar-refractivity contribution >= 4 is 34.8 Å². The van der Waals surface area contributed by atoms with Crippen molar-refractivity contribution in [1.82, 2.24) is 10.2 Å². The Labute approximate surface area is 145 Å². The van der Waals surface area contributed by atoms with Crippen LogP contribution in [0.25, 0.3) is 0 Å². The van der Waals surface area contributed by atoms with Crippen molar-refractivity contribution in [3.63, 3.8) is 0 Å². The van der Waals surface area contributed by atoms with Crippen molar-refractivity contribution in [3.05, 3.63) is 57.2 Å². The Morgan fingerprint density at radius 1 is 1.22 bits per heavy atom. The van der Waals surface area contributed by atoms with E-state index in [-0.39, 0.29) is 18.4 Å². The van der Waals surface area contributed by atoms with Gasteiger partial charge < -0.3 is 10.2 Å². The largest absolute Gasteiger partial charge is 0.350 e. The molecule has 0 saturated heterocycles. The van der Waals surface area contributed by atoms with Gasteiger partial charge in [-0.2, -0.15) is 0 Å². The standard InChI is InChI=1S/C17H19ClN2O2S/c1-2-20(17(22)10-15-4-3-9-23-15)12-16(21)19-11-13-5-7-14(18)8-6-13/h3-9H,2,10-12H2,1H3,(H,19,21). The minimum absolute atomic E-state index is 0.0309. The van der Waals surface area contributed by atoms with E-state index in [1.54, 1.807) is 28.4 Å². The maximum Gasteiger partial charge on any atom is 0.239 e. The second kappa shape index (κ2) is 8.70. The maximum absolute atomic E-state index is 12.2. The van der Waals surface area contributed by atoms with Crippen LogP contribution >= 0.6 is 22.9 Å². The van der Waals surface area contributed by atoms with Crippen LogP contribution in [0.15, 0.2) is 41.8 Å². The molecule has 2 rings (SSSR count). The van der Waals surface area contributed by atoms with Crippen molar-refractivity contribution in [2.75, 3.05) is 13.1 Å². The minimum atomic E-state index is -0.165. The molecule has 0 atom stereocenters. The van der Waals surface area contributed by atoms with E-state index in [9.17, 15) is 9.59 Å². The first kappa shape index (κ1) is 17.5. The molecule has 1 aromatic carbocycles. The second-order valence-electron chi connectivity index (χ2n) is 5.07. The highest BCUT2D eigenvalue weighted by Gasteiger charge is 2.16. The van der Waals surface area contributed by atoms with Crippen LogP contribution in [0.5, 0.6) is 0 Å². The molecule has 0 aliphatic heterocycles. The Hall–Kier alpha value is -1.85. The zero-order chi connectivity index (χ0) is 16.7. The first-order valence-electron chi connectivity index (χ1n) is 7.39. The molecule has 1 aromatic heterocycles. The summed E-state index contributed by atoms with van der Waals surface area (Å²) in [6, 6.07) is 11.1. The molecule has 0 spiro atoms. The summed E-state index contributed by atoms with van der Waals surface area (Å²) in [6.45, 7) is 2.89. The predicted molar refractivity (Wildman–Crippen MR) is 93.6 cm³/mol. The van der Waals surface area contributed by atoms with Gasteiger partial charge in [0.15, 0.2) is 0 Å². The van der Waals surface area contributed by atoms with Gasteiger partial charge in [-0.05, 0) is 36.1 Å². The molecular weight excluding hydrogens is 332 g/mol. The molecule has 4 nitrogen and oxygen atoms in total. The van der Waals surface area contributed by atoms with Gasteiger partial charge in [-0.1, -0.05) is 29.8 Å². The third-order valence-corrected chi connectivity index (χ3v) is 4.51. The lowest BCUT2D eigenvalue weighted by Gasteiger charge is -2.20. The highest BCUT2D eigenvalue weighted by atomic mass is 35.5. The number of nitrogens with zero attached hydrogens (tertiary/aromatic N) is 1. The lowest BCUT2D eigenvalue weighted by atomic mass is 10.2. The number of nitrogens with one attached hydrogen (secondary N) is 1. The quantitative estimate of drug-likeness (QED) is 0.834. The van der Waals surface area contributed by atoms with E-state index in [0.717, 1.165) is 10.4 Å². The first-order valence-corrected chi connectivity index (χ1v) is 8.65. The summed E-state index contributed by atoms with van der Waals surface area (Å²) < 4.78 is 0. The number of likely N-dealkylation sites (N-methyl/N-ethyl adjacent to an activating group) is 1. The number of halogens is 1. The molecule has 122 valence electrons. The Bertz CT molecular complexity index is 641. The number of rotatable bonds is 7. The first-order chi connectivity index (χ1) is 11.1. The third kappa shape index (κ3) is 5.69. The normalized spacial score (nSPS) is 10.3. The van der Waals surface area contributed by atoms with E-state index in [4.69, 9.17) is 11.6 Å². The third-order valence-electron chi connectivity index (χ3n) is 3.38. The molecule has 0 aliphatic carbocycles. The zero-order valence-electron chi connectivity index (χ0n) is 12.9. The lowest BCUT2D eigenvalue weighted by Crippen LogP contribution is -2.41. The SMILES string of the molecule is CCN(CC(=O)NCc1ccc(Cl)cc1)C(=O)Cc1cccs1. The van der Waals surface area contributed by atoms with E-state index in [1.165, 1.54) is 0 Å². The fourth-order valence-corrected chi connectivity index (χ4v) is 2.90. The van der Waals surface area contributed by atoms with Crippen LogP contribution in [0.2, 0.25) is 5.02 Å². The summed E-state index contributed by atoms with van der Waals surface area (Å²) in [5.74, 6) is -0.196. The maximum atomic E-state index is 12.2. The second-order valence-corrected chi connectivity index (χ2v) is 6.54. The smallest absolute Gasteiger partial charge is 0.239 e. The Balaban J connectivity index is 1.81. The number of carbonyl (C=O) groups is 2. The number of hydrogen-bond acceptors (Lipinski definition) is 3. The number of carbonyl (C=O) groups excluding carboxylic acids is 2. The molecule has 0 bridgehead atoms. The molecule has 23 heavy (non-hydrogen) atoms. The van der Waals surface area contributed by atoms with Crippen LogP contribution in [0.3, 0.4) is 0 Å². The molecule has 6 heteroatoms. The van der Waals surface area contributed by atoms with E-state index < -0.39 is 0 Å². The summed E-state index contributed by atoms with van der Waals surface area (Å²) in [5.41, 5.74) is 0.968. The number of hydrogen-bond donors (Lipinski definition) is 1. The van der Waals surface area contributed by atoms with Crippen LogP contribution in [-0.4, -0.2) is 29.8 Å². The van der Waals surface area contributed by atoms with Gasteiger partial charge in [-0.3, -0.25) is 9.59 Å². The number of thiophene rings is 1. The average molecular weight is 351 g/mol. The van der Waals surface area contributed by atoms with Crippen molar-refractivity contribution < 1.29 is 9.59 Å². The Morgan fingerprint density at radius 2 is 1.96 bits per heavy atom. The van der Waals surface area contributed by atoms with Gasteiger partial charge in [0.1, 0.15) is 0 Å². The van der Waals surface area contributed by atoms with Gasteiger partial charge in [0.2, 0.25) is 11.8 Å². The Kier molecular flexibility index (Phi) is 6.62. The molecule has 1 N–H and O–H groups in total. The van der Waals surface area contributed by atoms with Gasteiger partial charge in [0.25, 0.3) is 0 Å². The van der Waals surface area contributed by atoms with E-state index in [0.29, 0.717) is 24.5 Å². The van der Waals surface area contributed by atoms with Crippen LogP contribution < -0.4 is 5.32 Å². The summed E-state index contributed by atoms with van der Waals surface area (Å²) in [6.07, 6.45) is 0.343. The molecule has 0 aliphatic rings. The van der Waals surface area contributed by atoms with Gasteiger partial charge >= 0.3 is 0 Å². The zero-order valence-corrected chi connectivity index (χ0v) is 14.5. The van der Waals surface area contributed by atoms with Crippen LogP contribution in [-0.2, 0) is 22.6 Å². The summed E-state index contributed by atoms with van der Waals surface area (Å²) in [7, 11) is 0. The van der Waals surface area contributed by atoms with Crippen LogP contribution in [0, 0.1) is 0 Å². The summed E-state index contributed by atoms with van der Waals surface area (Å²) >= 11 is 7.37. The monoisotopic (exact) mass is 350 g/mol. The highest BCUT2D eigenvalue weighted by molar-refractivity contribution is 7.10. The molecule has 1 heterocycles. The van der Waals surface area contributed by atoms with Crippen molar-refractivity contribution in [1.29, 1.82) is 0 Å².